The molecule has 0 aromatic heterocycles. The third-order valence-electron chi connectivity index (χ3n) is 10.5. The van der Waals surface area contributed by atoms with Gasteiger partial charge in [0.25, 0.3) is 5.91 Å². The minimum absolute atomic E-state index is 0.0120. The molecule has 2 bridgehead atoms. The van der Waals surface area contributed by atoms with Crippen LogP contribution in [0.4, 0.5) is 10.5 Å². The maximum atomic E-state index is 14.4. The molecule has 10 nitrogen and oxygen atoms in total. The van der Waals surface area contributed by atoms with Crippen LogP contribution in [0.25, 0.3) is 0 Å². The zero-order valence-electron chi connectivity index (χ0n) is 28.7. The van der Waals surface area contributed by atoms with Crippen molar-refractivity contribution < 1.29 is 28.0 Å². The van der Waals surface area contributed by atoms with Crippen molar-refractivity contribution in [1.82, 2.24) is 10.0 Å². The number of anilines is 1. The van der Waals surface area contributed by atoms with Gasteiger partial charge in [0.2, 0.25) is 0 Å². The number of halogens is 1. The molecule has 0 radical (unpaired) electrons. The molecule has 7 atom stereocenters. The van der Waals surface area contributed by atoms with Gasteiger partial charge in [-0.05, 0) is 111 Å². The number of fused-ring (bicyclic) bond motifs is 3. The van der Waals surface area contributed by atoms with Crippen molar-refractivity contribution in [2.45, 2.75) is 83.1 Å². The van der Waals surface area contributed by atoms with Gasteiger partial charge in [-0.25, -0.2) is 9.00 Å². The summed E-state index contributed by atoms with van der Waals surface area (Å²) in [5.74, 6) is 0.612. The van der Waals surface area contributed by atoms with Gasteiger partial charge in [0.1, 0.15) is 15.7 Å². The fourth-order valence-corrected chi connectivity index (χ4v) is 9.46. The molecule has 2 saturated carbocycles. The van der Waals surface area contributed by atoms with E-state index in [-0.39, 0.29) is 35.5 Å². The molecule has 3 amide bonds. The summed E-state index contributed by atoms with van der Waals surface area (Å²) < 4.78 is 39.1. The number of carbonyl (C=O) groups excluding carboxylic acids is 2. The lowest BCUT2D eigenvalue weighted by Gasteiger charge is -2.43. The van der Waals surface area contributed by atoms with Crippen molar-refractivity contribution in [3.8, 4) is 5.75 Å². The summed E-state index contributed by atoms with van der Waals surface area (Å²) in [7, 11) is -0.142. The maximum Gasteiger partial charge on any atom is 0.327 e. The Bertz CT molecular complexity index is 1670. The van der Waals surface area contributed by atoms with Crippen LogP contribution < -0.4 is 19.7 Å². The van der Waals surface area contributed by atoms with Gasteiger partial charge in [-0.1, -0.05) is 36.7 Å². The van der Waals surface area contributed by atoms with Crippen LogP contribution in [0.15, 0.2) is 52.9 Å². The second-order valence-corrected chi connectivity index (χ2v) is 16.4. The first kappa shape index (κ1) is 35.7. The van der Waals surface area contributed by atoms with Gasteiger partial charge in [0.15, 0.2) is 0 Å². The fourth-order valence-electron chi connectivity index (χ4n) is 7.43. The number of nitrogens with one attached hydrogen (secondary N) is 2. The first-order valence-electron chi connectivity index (χ1n) is 17.5. The number of hydrogen-bond acceptors (Lipinski definition) is 7. The summed E-state index contributed by atoms with van der Waals surface area (Å²) >= 11 is 6.46. The number of benzene rings is 2. The summed E-state index contributed by atoms with van der Waals surface area (Å²) in [6, 6.07) is 10.6. The Balaban J connectivity index is 1.41. The molecule has 1 unspecified atom stereocenters. The van der Waals surface area contributed by atoms with Crippen LogP contribution in [-0.2, 0) is 32.4 Å². The van der Waals surface area contributed by atoms with E-state index in [0.29, 0.717) is 42.2 Å². The zero-order chi connectivity index (χ0) is 34.5. The van der Waals surface area contributed by atoms with E-state index in [1.165, 1.54) is 11.1 Å². The standard InChI is InChI=1S/C37H49ClN4O6S/c1-24-7-6-9-33(46-2)30-14-11-28(30)22-42-21-27-10-13-29(38)19-25(27)8-4-5-18-48-35-16-12-26(20-32(35)42)36(43)40-49(45,23-24)41-37(44)39-31-15-17-34(31)47-3/h6,9-10,12-13,16,19-20,24,28,30-31,33-34H,4-5,7-8,11,14-15,17-18,21-23H2,1-3H3,(H2,39,40,41,43,44,45)/b9-6+/t24-,28-,30+,31+,33-,34+,49?/m0/s1. The highest BCUT2D eigenvalue weighted by Gasteiger charge is 2.38. The number of amides is 3. The summed E-state index contributed by atoms with van der Waals surface area (Å²) in [6.45, 7) is 3.83. The number of allylic oxidation sites excluding steroid dienone is 1. The molecule has 49 heavy (non-hydrogen) atoms. The molecule has 12 heteroatoms. The molecule has 266 valence electrons. The Morgan fingerprint density at radius 2 is 1.92 bits per heavy atom. The van der Waals surface area contributed by atoms with Gasteiger partial charge in [-0.15, -0.1) is 4.36 Å². The molecule has 2 aromatic rings. The number of aryl methyl sites for hydroxylation is 1. The van der Waals surface area contributed by atoms with Crippen molar-refractivity contribution in [2.24, 2.45) is 22.1 Å². The topological polar surface area (TPSA) is 119 Å². The highest BCUT2D eigenvalue weighted by Crippen LogP contribution is 2.42. The fraction of sp³-hybridized carbons (Fsp3) is 0.568. The average Bonchev–Trinajstić information content (AvgIpc) is 3.07. The van der Waals surface area contributed by atoms with Crippen LogP contribution in [0.3, 0.4) is 0 Å². The molecule has 0 saturated heterocycles. The van der Waals surface area contributed by atoms with Crippen LogP contribution in [0.5, 0.6) is 5.75 Å². The van der Waals surface area contributed by atoms with Gasteiger partial charge < -0.3 is 24.4 Å². The third kappa shape index (κ3) is 8.61. The molecule has 2 aliphatic carbocycles. The number of hydrogen-bond donors (Lipinski definition) is 2. The first-order chi connectivity index (χ1) is 23.6. The number of rotatable bonds is 4. The molecular formula is C37H49ClN4O6S. The first-order valence-corrected chi connectivity index (χ1v) is 19.6. The smallest absolute Gasteiger partial charge is 0.327 e. The van der Waals surface area contributed by atoms with Crippen molar-refractivity contribution in [3.63, 3.8) is 0 Å². The van der Waals surface area contributed by atoms with Gasteiger partial charge in [0, 0.05) is 37.9 Å². The Kier molecular flexibility index (Phi) is 11.5. The Labute approximate surface area is 295 Å². The minimum atomic E-state index is -3.50. The lowest BCUT2D eigenvalue weighted by Crippen LogP contribution is -2.54. The number of nitrogens with zero attached hydrogens (tertiary/aromatic N) is 2. The Morgan fingerprint density at radius 1 is 1.06 bits per heavy atom. The predicted octanol–water partition coefficient (Wildman–Crippen LogP) is 6.70. The summed E-state index contributed by atoms with van der Waals surface area (Å²) in [5.41, 5.74) is 3.46. The molecule has 2 heterocycles. The van der Waals surface area contributed by atoms with Gasteiger partial charge in [-0.3, -0.25) is 9.52 Å². The van der Waals surface area contributed by atoms with E-state index in [9.17, 15) is 13.8 Å². The number of urea groups is 1. The second kappa shape index (κ2) is 15.8. The Morgan fingerprint density at radius 3 is 2.65 bits per heavy atom. The number of carbonyl (C=O) groups is 2. The quantitative estimate of drug-likeness (QED) is 0.339. The summed E-state index contributed by atoms with van der Waals surface area (Å²) in [6.07, 6.45) is 11.1. The molecule has 2 N–H and O–H groups in total. The van der Waals surface area contributed by atoms with E-state index >= 15 is 0 Å². The number of ether oxygens (including phenoxy) is 3. The van der Waals surface area contributed by atoms with E-state index in [1.807, 2.05) is 25.1 Å². The molecule has 2 aromatic carbocycles. The average molecular weight is 713 g/mol. The zero-order valence-corrected chi connectivity index (χ0v) is 30.3. The molecular weight excluding hydrogens is 664 g/mol. The largest absolute Gasteiger partial charge is 0.491 e. The van der Waals surface area contributed by atoms with Crippen molar-refractivity contribution in [3.05, 3.63) is 70.3 Å². The van der Waals surface area contributed by atoms with Crippen LogP contribution >= 0.6 is 11.6 Å². The Hall–Kier alpha value is -3.12. The summed E-state index contributed by atoms with van der Waals surface area (Å²) in [4.78, 5) is 29.3. The van der Waals surface area contributed by atoms with Gasteiger partial charge in [0.05, 0.1) is 36.3 Å². The minimum Gasteiger partial charge on any atom is -0.491 e. The third-order valence-corrected chi connectivity index (χ3v) is 12.7. The lowest BCUT2D eigenvalue weighted by atomic mass is 9.70. The van der Waals surface area contributed by atoms with E-state index in [0.717, 1.165) is 57.2 Å². The predicted molar refractivity (Wildman–Crippen MR) is 193 cm³/mol. The van der Waals surface area contributed by atoms with Crippen LogP contribution in [0.1, 0.15) is 73.4 Å². The molecule has 2 aliphatic heterocycles. The van der Waals surface area contributed by atoms with Gasteiger partial charge in [-0.2, -0.15) is 0 Å². The van der Waals surface area contributed by atoms with Crippen molar-refractivity contribution >= 4 is 39.1 Å². The van der Waals surface area contributed by atoms with E-state index < -0.39 is 21.9 Å². The summed E-state index contributed by atoms with van der Waals surface area (Å²) in [5, 5.41) is 3.57. The van der Waals surface area contributed by atoms with Gasteiger partial charge >= 0.3 is 6.03 Å². The second-order valence-electron chi connectivity index (χ2n) is 14.0. The van der Waals surface area contributed by atoms with Crippen LogP contribution in [0, 0.1) is 17.8 Å². The normalized spacial score (nSPS) is 31.2. The molecule has 2 fully saturated rings. The molecule has 4 aliphatic rings. The van der Waals surface area contributed by atoms with E-state index in [2.05, 4.69) is 43.6 Å². The SMILES string of the molecule is CO[C@H]1/C=C/C[C@H](C)CS(=O)(NC(=O)N[C@@H]2CC[C@H]2OC)=NC(=O)c2ccc3c(c2)N(Cc2ccc(Cl)cc2CCCCO3)C[C@@H]2CC[C@H]21. The maximum absolute atomic E-state index is 14.4. The number of methoxy groups -OCH3 is 2. The van der Waals surface area contributed by atoms with Crippen LogP contribution in [0.2, 0.25) is 5.02 Å². The molecule has 0 spiro atoms. The van der Waals surface area contributed by atoms with Crippen molar-refractivity contribution in [1.29, 1.82) is 0 Å². The molecule has 6 rings (SSSR count). The monoisotopic (exact) mass is 712 g/mol. The highest BCUT2D eigenvalue weighted by atomic mass is 35.5. The van der Waals surface area contributed by atoms with E-state index in [1.54, 1.807) is 20.3 Å². The van der Waals surface area contributed by atoms with Crippen LogP contribution in [-0.4, -0.2) is 67.5 Å². The highest BCUT2D eigenvalue weighted by molar-refractivity contribution is 7.92. The van der Waals surface area contributed by atoms with Crippen molar-refractivity contribution in [2.75, 3.05) is 38.0 Å². The van der Waals surface area contributed by atoms with E-state index in [4.69, 9.17) is 25.8 Å². The lowest BCUT2D eigenvalue weighted by molar-refractivity contribution is 0.0111.